The van der Waals surface area contributed by atoms with Gasteiger partial charge in [-0.25, -0.2) is 0 Å². The molecule has 0 radical (unpaired) electrons. The Morgan fingerprint density at radius 3 is 3.17 bits per heavy atom. The van der Waals surface area contributed by atoms with Crippen LogP contribution < -0.4 is 5.32 Å². The van der Waals surface area contributed by atoms with Crippen molar-refractivity contribution in [3.63, 3.8) is 0 Å². The van der Waals surface area contributed by atoms with Crippen molar-refractivity contribution in [3.8, 4) is 12.3 Å². The molecule has 0 saturated heterocycles. The van der Waals surface area contributed by atoms with Crippen molar-refractivity contribution in [3.05, 3.63) is 30.0 Å². The molecule has 2 N–H and O–H groups in total. The summed E-state index contributed by atoms with van der Waals surface area (Å²) < 4.78 is 0. The molecule has 0 aliphatic carbocycles. The Labute approximate surface area is 106 Å². The van der Waals surface area contributed by atoms with E-state index in [0.717, 1.165) is 23.7 Å². The second kappa shape index (κ2) is 5.37. The van der Waals surface area contributed by atoms with E-state index in [1.54, 1.807) is 18.3 Å². The maximum absolute atomic E-state index is 12.0. The summed E-state index contributed by atoms with van der Waals surface area (Å²) in [6.45, 7) is 2.03. The number of nitrogens with one attached hydrogen (secondary N) is 2. The number of terminal acetylenes is 1. The summed E-state index contributed by atoms with van der Waals surface area (Å²) in [5, 5.41) is 10.6. The predicted molar refractivity (Wildman–Crippen MR) is 71.1 cm³/mol. The maximum atomic E-state index is 12.0. The molecule has 2 rings (SSSR count). The Balaban J connectivity index is 2.15. The molecular formula is C14H15N3O. The summed E-state index contributed by atoms with van der Waals surface area (Å²) in [6.07, 6.45) is 8.82. The van der Waals surface area contributed by atoms with Crippen LogP contribution in [0.1, 0.15) is 30.1 Å². The van der Waals surface area contributed by atoms with Gasteiger partial charge in [-0.2, -0.15) is 5.10 Å². The molecule has 1 atom stereocenters. The van der Waals surface area contributed by atoms with Gasteiger partial charge in [0.15, 0.2) is 0 Å². The zero-order valence-corrected chi connectivity index (χ0v) is 10.2. The molecule has 1 aromatic heterocycles. The number of nitrogens with zero attached hydrogens (tertiary/aromatic N) is 1. The van der Waals surface area contributed by atoms with Gasteiger partial charge < -0.3 is 5.32 Å². The Morgan fingerprint density at radius 1 is 1.61 bits per heavy atom. The number of hydrogen-bond donors (Lipinski definition) is 2. The minimum Gasteiger partial charge on any atom is -0.338 e. The Morgan fingerprint density at radius 2 is 2.44 bits per heavy atom. The molecule has 18 heavy (non-hydrogen) atoms. The van der Waals surface area contributed by atoms with Crippen molar-refractivity contribution in [2.24, 2.45) is 0 Å². The highest BCUT2D eigenvalue weighted by molar-refractivity contribution is 5.98. The molecule has 0 fully saturated rings. The van der Waals surface area contributed by atoms with E-state index in [1.807, 2.05) is 13.0 Å². The van der Waals surface area contributed by atoms with Gasteiger partial charge in [-0.05, 0) is 18.6 Å². The van der Waals surface area contributed by atoms with Crippen molar-refractivity contribution in [2.45, 2.75) is 25.8 Å². The summed E-state index contributed by atoms with van der Waals surface area (Å²) in [5.41, 5.74) is 1.43. The summed E-state index contributed by atoms with van der Waals surface area (Å²) in [6, 6.07) is 5.20. The number of carbonyl (C=O) groups excluding carboxylic acids is 1. The van der Waals surface area contributed by atoms with E-state index in [4.69, 9.17) is 6.42 Å². The van der Waals surface area contributed by atoms with E-state index >= 15 is 0 Å². The minimum absolute atomic E-state index is 0.150. The molecule has 0 aliphatic heterocycles. The summed E-state index contributed by atoms with van der Waals surface area (Å²) >= 11 is 0. The van der Waals surface area contributed by atoms with Crippen LogP contribution in [0.25, 0.3) is 10.9 Å². The van der Waals surface area contributed by atoms with Crippen LogP contribution in [0.2, 0.25) is 0 Å². The number of amides is 1. The van der Waals surface area contributed by atoms with E-state index in [9.17, 15) is 4.79 Å². The van der Waals surface area contributed by atoms with Gasteiger partial charge in [-0.15, -0.1) is 6.42 Å². The number of hydrogen-bond acceptors (Lipinski definition) is 2. The lowest BCUT2D eigenvalue weighted by atomic mass is 10.1. The summed E-state index contributed by atoms with van der Waals surface area (Å²) in [7, 11) is 0. The van der Waals surface area contributed by atoms with Crippen LogP contribution in [0.5, 0.6) is 0 Å². The highest BCUT2D eigenvalue weighted by atomic mass is 16.1. The van der Waals surface area contributed by atoms with E-state index in [2.05, 4.69) is 21.4 Å². The second-order valence-electron chi connectivity index (χ2n) is 4.15. The molecule has 0 spiro atoms. The molecule has 1 unspecified atom stereocenters. The van der Waals surface area contributed by atoms with Crippen LogP contribution >= 0.6 is 0 Å². The first-order valence-electron chi connectivity index (χ1n) is 5.94. The standard InChI is InChI=1S/C14H15N3O/c1-3-5-12(4-2)16-14(18)10-6-7-11-9-15-17-13(11)8-10/h2,6-9,12H,3,5H2,1H3,(H,15,17)(H,16,18). The van der Waals surface area contributed by atoms with Gasteiger partial charge in [0.1, 0.15) is 0 Å². The number of benzene rings is 1. The molecule has 0 aliphatic rings. The van der Waals surface area contributed by atoms with Crippen molar-refractivity contribution in [2.75, 3.05) is 0 Å². The van der Waals surface area contributed by atoms with Gasteiger partial charge in [0.05, 0.1) is 17.8 Å². The fraction of sp³-hybridized carbons (Fsp3) is 0.286. The SMILES string of the molecule is C#CC(CCC)NC(=O)c1ccc2cn[nH]c2c1. The normalized spacial score (nSPS) is 12.0. The van der Waals surface area contributed by atoms with E-state index in [0.29, 0.717) is 5.56 Å². The summed E-state index contributed by atoms with van der Waals surface area (Å²) in [5.74, 6) is 2.43. The number of aromatic nitrogens is 2. The van der Waals surface area contributed by atoms with Crippen LogP contribution in [-0.4, -0.2) is 22.1 Å². The first-order chi connectivity index (χ1) is 8.74. The van der Waals surface area contributed by atoms with E-state index in [1.165, 1.54) is 0 Å². The molecule has 4 heteroatoms. The highest BCUT2D eigenvalue weighted by Gasteiger charge is 2.11. The zero-order valence-electron chi connectivity index (χ0n) is 10.2. The number of rotatable bonds is 4. The molecule has 0 bridgehead atoms. The largest absolute Gasteiger partial charge is 0.338 e. The van der Waals surface area contributed by atoms with Crippen LogP contribution in [0, 0.1) is 12.3 Å². The highest BCUT2D eigenvalue weighted by Crippen LogP contribution is 2.13. The predicted octanol–water partition coefficient (Wildman–Crippen LogP) is 2.09. The van der Waals surface area contributed by atoms with Gasteiger partial charge >= 0.3 is 0 Å². The Hall–Kier alpha value is -2.28. The number of carbonyl (C=O) groups is 1. The molecular weight excluding hydrogens is 226 g/mol. The lowest BCUT2D eigenvalue weighted by Crippen LogP contribution is -2.33. The molecule has 1 aromatic carbocycles. The Kier molecular flexibility index (Phi) is 3.63. The van der Waals surface area contributed by atoms with Gasteiger partial charge in [0.25, 0.3) is 5.91 Å². The molecule has 2 aromatic rings. The number of H-pyrrole nitrogens is 1. The fourth-order valence-electron chi connectivity index (χ4n) is 1.81. The third-order valence-electron chi connectivity index (χ3n) is 2.79. The average molecular weight is 241 g/mol. The van der Waals surface area contributed by atoms with Crippen molar-refractivity contribution in [1.29, 1.82) is 0 Å². The smallest absolute Gasteiger partial charge is 0.252 e. The van der Waals surface area contributed by atoms with Crippen molar-refractivity contribution in [1.82, 2.24) is 15.5 Å². The fourth-order valence-corrected chi connectivity index (χ4v) is 1.81. The lowest BCUT2D eigenvalue weighted by molar-refractivity contribution is 0.0944. The van der Waals surface area contributed by atoms with Crippen LogP contribution in [0.15, 0.2) is 24.4 Å². The average Bonchev–Trinajstić information content (AvgIpc) is 2.85. The minimum atomic E-state index is -0.208. The van der Waals surface area contributed by atoms with Crippen molar-refractivity contribution < 1.29 is 4.79 Å². The molecule has 92 valence electrons. The van der Waals surface area contributed by atoms with Gasteiger partial charge in [-0.1, -0.05) is 25.3 Å². The maximum Gasteiger partial charge on any atom is 0.252 e. The number of aromatic amines is 1. The third kappa shape index (κ3) is 2.51. The Bertz CT molecular complexity index is 594. The third-order valence-corrected chi connectivity index (χ3v) is 2.79. The molecule has 1 heterocycles. The topological polar surface area (TPSA) is 57.8 Å². The second-order valence-corrected chi connectivity index (χ2v) is 4.15. The number of fused-ring (bicyclic) bond motifs is 1. The first kappa shape index (κ1) is 12.2. The molecule has 1 amide bonds. The molecule has 4 nitrogen and oxygen atoms in total. The van der Waals surface area contributed by atoms with Crippen molar-refractivity contribution >= 4 is 16.8 Å². The van der Waals surface area contributed by atoms with Gasteiger partial charge in [0, 0.05) is 10.9 Å². The summed E-state index contributed by atoms with van der Waals surface area (Å²) in [4.78, 5) is 12.0. The van der Waals surface area contributed by atoms with Crippen LogP contribution in [-0.2, 0) is 0 Å². The van der Waals surface area contributed by atoms with Crippen LogP contribution in [0.3, 0.4) is 0 Å². The van der Waals surface area contributed by atoms with E-state index < -0.39 is 0 Å². The van der Waals surface area contributed by atoms with Crippen LogP contribution in [0.4, 0.5) is 0 Å². The lowest BCUT2D eigenvalue weighted by Gasteiger charge is -2.11. The monoisotopic (exact) mass is 241 g/mol. The van der Waals surface area contributed by atoms with E-state index in [-0.39, 0.29) is 11.9 Å². The van der Waals surface area contributed by atoms with Gasteiger partial charge in [0.2, 0.25) is 0 Å². The first-order valence-corrected chi connectivity index (χ1v) is 5.94. The molecule has 0 saturated carbocycles. The quantitative estimate of drug-likeness (QED) is 0.805. The van der Waals surface area contributed by atoms with Gasteiger partial charge in [-0.3, -0.25) is 9.89 Å². The zero-order chi connectivity index (χ0) is 13.0.